The number of fused-ring (bicyclic) bond motifs is 1. The number of piperazine rings is 1. The predicted octanol–water partition coefficient (Wildman–Crippen LogP) is 3.95. The summed E-state index contributed by atoms with van der Waals surface area (Å²) >= 11 is 7.20. The number of nitrogen functional groups attached to an aromatic ring is 1. The molecular formula is C22H23ClN4O3S2. The lowest BCUT2D eigenvalue weighted by Gasteiger charge is -2.42. The molecule has 1 amide bonds. The zero-order chi connectivity index (χ0) is 23.0. The van der Waals surface area contributed by atoms with Crippen LogP contribution in [0.25, 0.3) is 17.0 Å². The van der Waals surface area contributed by atoms with Gasteiger partial charge in [0.05, 0.1) is 9.85 Å². The Kier molecular flexibility index (Phi) is 6.26. The van der Waals surface area contributed by atoms with Crippen LogP contribution in [0.2, 0.25) is 4.34 Å². The molecule has 168 valence electrons. The molecule has 4 rings (SSSR count). The number of carbonyl (C=O) groups excluding carboxylic acids is 1. The fourth-order valence-corrected chi connectivity index (χ4v) is 6.64. The number of benzene rings is 1. The minimum atomic E-state index is -3.79. The predicted molar refractivity (Wildman–Crippen MR) is 130 cm³/mol. The summed E-state index contributed by atoms with van der Waals surface area (Å²) in [5.41, 5.74) is 8.31. The van der Waals surface area contributed by atoms with E-state index in [9.17, 15) is 13.2 Å². The van der Waals surface area contributed by atoms with Crippen LogP contribution in [0.15, 0.2) is 48.0 Å². The molecule has 0 aliphatic carbocycles. The highest BCUT2D eigenvalue weighted by Crippen LogP contribution is 2.27. The zero-order valence-electron chi connectivity index (χ0n) is 17.6. The standard InChI is InChI=1S/C22H23ClN4O3S2/c1-14-12-26(13-16-3-5-18-19(24)7-9-25-20(18)11-16)22(28)15(2)27(14)32(29,30)10-8-17-4-6-21(23)31-17/h3-11,14-15H,12-13H2,1-2H3,(H2,24,25)/b10-8+/t14-,15-/m0/s1. The first-order chi connectivity index (χ1) is 15.2. The van der Waals surface area contributed by atoms with Crippen molar-refractivity contribution in [2.45, 2.75) is 32.5 Å². The second kappa shape index (κ2) is 8.82. The van der Waals surface area contributed by atoms with Crippen molar-refractivity contribution in [3.8, 4) is 0 Å². The molecule has 32 heavy (non-hydrogen) atoms. The van der Waals surface area contributed by atoms with Crippen molar-refractivity contribution in [1.29, 1.82) is 0 Å². The first-order valence-corrected chi connectivity index (χ1v) is 12.7. The van der Waals surface area contributed by atoms with E-state index in [0.29, 0.717) is 23.1 Å². The third kappa shape index (κ3) is 4.52. The molecule has 0 bridgehead atoms. The number of rotatable bonds is 5. The lowest BCUT2D eigenvalue weighted by molar-refractivity contribution is -0.140. The van der Waals surface area contributed by atoms with Crippen LogP contribution in [0.1, 0.15) is 24.3 Å². The number of amides is 1. The van der Waals surface area contributed by atoms with E-state index in [1.54, 1.807) is 36.2 Å². The number of hydrogen-bond acceptors (Lipinski definition) is 6. The second-order valence-corrected chi connectivity index (χ2v) is 11.3. The van der Waals surface area contributed by atoms with Crippen LogP contribution in [-0.2, 0) is 21.4 Å². The van der Waals surface area contributed by atoms with Gasteiger partial charge in [0.2, 0.25) is 15.9 Å². The summed E-state index contributed by atoms with van der Waals surface area (Å²) in [7, 11) is -3.79. The summed E-state index contributed by atoms with van der Waals surface area (Å²) < 4.78 is 27.9. The average Bonchev–Trinajstić information content (AvgIpc) is 3.16. The Morgan fingerprint density at radius 3 is 2.75 bits per heavy atom. The highest BCUT2D eigenvalue weighted by atomic mass is 35.5. The van der Waals surface area contributed by atoms with Crippen molar-refractivity contribution in [3.05, 3.63) is 62.8 Å². The van der Waals surface area contributed by atoms with E-state index < -0.39 is 16.1 Å². The molecule has 1 saturated heterocycles. The van der Waals surface area contributed by atoms with Crippen molar-refractivity contribution >= 4 is 61.5 Å². The van der Waals surface area contributed by atoms with E-state index in [0.717, 1.165) is 26.8 Å². The minimum absolute atomic E-state index is 0.236. The van der Waals surface area contributed by atoms with Gasteiger partial charge >= 0.3 is 0 Å². The number of carbonyl (C=O) groups is 1. The van der Waals surface area contributed by atoms with E-state index in [1.807, 2.05) is 25.1 Å². The minimum Gasteiger partial charge on any atom is -0.398 e. The number of halogens is 1. The van der Waals surface area contributed by atoms with Gasteiger partial charge in [0, 0.05) is 46.7 Å². The molecule has 1 aliphatic rings. The molecule has 3 aromatic rings. The Balaban J connectivity index is 1.52. The Bertz CT molecular complexity index is 1310. The summed E-state index contributed by atoms with van der Waals surface area (Å²) in [6.45, 7) is 4.11. The Hall–Kier alpha value is -2.46. The molecule has 1 aliphatic heterocycles. The number of thiophene rings is 1. The van der Waals surface area contributed by atoms with Crippen molar-refractivity contribution < 1.29 is 13.2 Å². The van der Waals surface area contributed by atoms with Crippen molar-refractivity contribution in [3.63, 3.8) is 0 Å². The molecule has 1 aromatic carbocycles. The number of nitrogens with two attached hydrogens (primary N) is 1. The molecule has 3 heterocycles. The molecule has 2 aromatic heterocycles. The summed E-state index contributed by atoms with van der Waals surface area (Å²) in [6, 6.07) is 9.74. The van der Waals surface area contributed by atoms with Crippen LogP contribution in [0.4, 0.5) is 5.69 Å². The maximum absolute atomic E-state index is 13.1. The van der Waals surface area contributed by atoms with E-state index in [1.165, 1.54) is 21.7 Å². The molecule has 0 spiro atoms. The van der Waals surface area contributed by atoms with Crippen molar-refractivity contribution in [2.75, 3.05) is 12.3 Å². The first kappa shape index (κ1) is 22.7. The number of sulfonamides is 1. The number of nitrogens with zero attached hydrogens (tertiary/aromatic N) is 3. The average molecular weight is 491 g/mol. The number of pyridine rings is 1. The summed E-state index contributed by atoms with van der Waals surface area (Å²) in [4.78, 5) is 19.8. The summed E-state index contributed by atoms with van der Waals surface area (Å²) in [5.74, 6) is -0.236. The third-order valence-electron chi connectivity index (χ3n) is 5.48. The van der Waals surface area contributed by atoms with Gasteiger partial charge in [-0.1, -0.05) is 23.7 Å². The van der Waals surface area contributed by atoms with E-state index in [4.69, 9.17) is 17.3 Å². The second-order valence-electron chi connectivity index (χ2n) is 7.81. The fraction of sp³-hybridized carbons (Fsp3) is 0.273. The largest absolute Gasteiger partial charge is 0.398 e. The van der Waals surface area contributed by atoms with Crippen LogP contribution in [-0.4, -0.2) is 47.1 Å². The summed E-state index contributed by atoms with van der Waals surface area (Å²) in [6.07, 6.45) is 3.16. The Labute approximate surface area is 196 Å². The SMILES string of the molecule is C[C@H]1CN(Cc2ccc3c(N)ccnc3c2)C(=O)[C@H](C)N1S(=O)(=O)/C=C/c1ccc(Cl)s1. The van der Waals surface area contributed by atoms with Crippen molar-refractivity contribution in [1.82, 2.24) is 14.2 Å². The quantitative estimate of drug-likeness (QED) is 0.584. The molecule has 2 N–H and O–H groups in total. The molecule has 2 atom stereocenters. The number of hydrogen-bond donors (Lipinski definition) is 1. The monoisotopic (exact) mass is 490 g/mol. The molecule has 1 fully saturated rings. The Morgan fingerprint density at radius 2 is 2.03 bits per heavy atom. The Morgan fingerprint density at radius 1 is 1.25 bits per heavy atom. The van der Waals surface area contributed by atoms with Crippen LogP contribution in [0, 0.1) is 0 Å². The van der Waals surface area contributed by atoms with Crippen LogP contribution >= 0.6 is 22.9 Å². The van der Waals surface area contributed by atoms with Gasteiger partial charge in [-0.3, -0.25) is 9.78 Å². The van der Waals surface area contributed by atoms with Gasteiger partial charge in [-0.05, 0) is 49.8 Å². The van der Waals surface area contributed by atoms with Crippen LogP contribution < -0.4 is 5.73 Å². The molecule has 10 heteroatoms. The van der Waals surface area contributed by atoms with Gasteiger partial charge < -0.3 is 10.6 Å². The molecular weight excluding hydrogens is 468 g/mol. The van der Waals surface area contributed by atoms with Crippen LogP contribution in [0.3, 0.4) is 0 Å². The first-order valence-electron chi connectivity index (χ1n) is 10.0. The fourth-order valence-electron chi connectivity index (χ4n) is 4.03. The molecule has 0 radical (unpaired) electrons. The summed E-state index contributed by atoms with van der Waals surface area (Å²) in [5, 5.41) is 2.00. The van der Waals surface area contributed by atoms with Crippen LogP contribution in [0.5, 0.6) is 0 Å². The highest BCUT2D eigenvalue weighted by molar-refractivity contribution is 7.92. The van der Waals surface area contributed by atoms with Gasteiger partial charge in [0.15, 0.2) is 0 Å². The lowest BCUT2D eigenvalue weighted by atomic mass is 10.1. The third-order valence-corrected chi connectivity index (χ3v) is 8.42. The van der Waals surface area contributed by atoms with Crippen molar-refractivity contribution in [2.24, 2.45) is 0 Å². The maximum Gasteiger partial charge on any atom is 0.241 e. The lowest BCUT2D eigenvalue weighted by Crippen LogP contribution is -2.60. The van der Waals surface area contributed by atoms with Gasteiger partial charge in [0.25, 0.3) is 0 Å². The van der Waals surface area contributed by atoms with Gasteiger partial charge in [-0.25, -0.2) is 8.42 Å². The smallest absolute Gasteiger partial charge is 0.241 e. The number of anilines is 1. The molecule has 0 unspecified atom stereocenters. The highest BCUT2D eigenvalue weighted by Gasteiger charge is 2.41. The van der Waals surface area contributed by atoms with E-state index in [-0.39, 0.29) is 11.9 Å². The maximum atomic E-state index is 13.1. The van der Waals surface area contributed by atoms with E-state index in [2.05, 4.69) is 4.98 Å². The normalized spacial score (nSPS) is 20.5. The zero-order valence-corrected chi connectivity index (χ0v) is 20.0. The van der Waals surface area contributed by atoms with Gasteiger partial charge in [0.1, 0.15) is 6.04 Å². The molecule has 7 nitrogen and oxygen atoms in total. The van der Waals surface area contributed by atoms with E-state index >= 15 is 0 Å². The number of aromatic nitrogens is 1. The van der Waals surface area contributed by atoms with Gasteiger partial charge in [-0.15, -0.1) is 11.3 Å². The van der Waals surface area contributed by atoms with Gasteiger partial charge in [-0.2, -0.15) is 4.31 Å². The topological polar surface area (TPSA) is 96.6 Å². The molecule has 0 saturated carbocycles.